The largest absolute Gasteiger partial charge is 0.492 e. The summed E-state index contributed by atoms with van der Waals surface area (Å²) in [6.45, 7) is 4.65. The van der Waals surface area contributed by atoms with Crippen molar-refractivity contribution in [2.45, 2.75) is 37.5 Å². The lowest BCUT2D eigenvalue weighted by atomic mass is 10.1. The lowest BCUT2D eigenvalue weighted by Crippen LogP contribution is -2.56. The first kappa shape index (κ1) is 18.9. The first-order valence-corrected chi connectivity index (χ1v) is 10.1. The highest BCUT2D eigenvalue weighted by Gasteiger charge is 2.40. The van der Waals surface area contributed by atoms with Crippen LogP contribution in [0.25, 0.3) is 0 Å². The molecular formula is C23H28N4O. The second kappa shape index (κ2) is 8.74. The number of likely N-dealkylation sites (tertiary alicyclic amines) is 1. The molecule has 2 aromatic rings. The van der Waals surface area contributed by atoms with Gasteiger partial charge in [-0.15, -0.1) is 0 Å². The number of hydrogen-bond donors (Lipinski definition) is 1. The van der Waals surface area contributed by atoms with Crippen LogP contribution in [0.1, 0.15) is 24.0 Å². The summed E-state index contributed by atoms with van der Waals surface area (Å²) in [7, 11) is 0. The maximum atomic E-state index is 8.87. The fourth-order valence-electron chi connectivity index (χ4n) is 4.50. The van der Waals surface area contributed by atoms with Crippen LogP contribution >= 0.6 is 0 Å². The fraction of sp³-hybridized carbons (Fsp3) is 0.435. The van der Waals surface area contributed by atoms with Gasteiger partial charge in [0.05, 0.1) is 17.7 Å². The average Bonchev–Trinajstić information content (AvgIpc) is 2.95. The number of hydrogen-bond acceptors (Lipinski definition) is 5. The third kappa shape index (κ3) is 4.53. The number of benzene rings is 2. The lowest BCUT2D eigenvalue weighted by Gasteiger charge is -2.42. The molecule has 0 spiro atoms. The topological polar surface area (TPSA) is 65.5 Å². The van der Waals surface area contributed by atoms with Gasteiger partial charge in [-0.3, -0.25) is 9.80 Å². The molecule has 5 nitrogen and oxygen atoms in total. The summed E-state index contributed by atoms with van der Waals surface area (Å²) >= 11 is 0. The Bertz CT molecular complexity index is 788. The van der Waals surface area contributed by atoms with Crippen LogP contribution in [0, 0.1) is 11.3 Å². The first-order valence-electron chi connectivity index (χ1n) is 10.1. The quantitative estimate of drug-likeness (QED) is 0.805. The number of ether oxygens (including phenoxy) is 1. The molecule has 2 bridgehead atoms. The second-order valence-electron chi connectivity index (χ2n) is 7.97. The van der Waals surface area contributed by atoms with Crippen molar-refractivity contribution in [1.29, 1.82) is 5.26 Å². The third-order valence-corrected chi connectivity index (χ3v) is 5.85. The van der Waals surface area contributed by atoms with E-state index >= 15 is 0 Å². The molecule has 0 amide bonds. The molecule has 3 atom stereocenters. The molecular weight excluding hydrogens is 348 g/mol. The number of rotatable bonds is 7. The predicted octanol–water partition coefficient (Wildman–Crippen LogP) is 2.61. The molecule has 28 heavy (non-hydrogen) atoms. The number of piperazine rings is 1. The Kier molecular flexibility index (Phi) is 5.92. The molecule has 2 saturated heterocycles. The van der Waals surface area contributed by atoms with Gasteiger partial charge in [0.2, 0.25) is 0 Å². The molecule has 2 N–H and O–H groups in total. The van der Waals surface area contributed by atoms with E-state index in [1.165, 1.54) is 18.4 Å². The van der Waals surface area contributed by atoms with E-state index < -0.39 is 0 Å². The molecule has 2 aliphatic heterocycles. The summed E-state index contributed by atoms with van der Waals surface area (Å²) in [5.74, 6) is 0.769. The van der Waals surface area contributed by atoms with E-state index in [9.17, 15) is 0 Å². The van der Waals surface area contributed by atoms with Crippen molar-refractivity contribution >= 4 is 0 Å². The zero-order valence-electron chi connectivity index (χ0n) is 16.2. The molecule has 0 aromatic heterocycles. The predicted molar refractivity (Wildman–Crippen MR) is 110 cm³/mol. The van der Waals surface area contributed by atoms with Crippen molar-refractivity contribution in [2.24, 2.45) is 5.73 Å². The van der Waals surface area contributed by atoms with E-state index in [1.54, 1.807) is 12.1 Å². The van der Waals surface area contributed by atoms with Crippen LogP contribution in [0.5, 0.6) is 5.75 Å². The smallest absolute Gasteiger partial charge is 0.119 e. The van der Waals surface area contributed by atoms with Gasteiger partial charge in [-0.25, -0.2) is 0 Å². The minimum Gasteiger partial charge on any atom is -0.492 e. The van der Waals surface area contributed by atoms with Gasteiger partial charge in [0, 0.05) is 38.3 Å². The molecule has 2 aromatic carbocycles. The highest BCUT2D eigenvalue weighted by Crippen LogP contribution is 2.30. The van der Waals surface area contributed by atoms with Crippen LogP contribution in [-0.4, -0.2) is 54.2 Å². The van der Waals surface area contributed by atoms with Crippen LogP contribution in [0.2, 0.25) is 0 Å². The highest BCUT2D eigenvalue weighted by molar-refractivity contribution is 5.34. The van der Waals surface area contributed by atoms with Gasteiger partial charge >= 0.3 is 0 Å². The van der Waals surface area contributed by atoms with Crippen LogP contribution in [0.3, 0.4) is 0 Å². The van der Waals surface area contributed by atoms with E-state index in [0.29, 0.717) is 24.3 Å². The summed E-state index contributed by atoms with van der Waals surface area (Å²) in [5, 5.41) is 8.87. The Morgan fingerprint density at radius 1 is 1.04 bits per heavy atom. The summed E-state index contributed by atoms with van der Waals surface area (Å²) < 4.78 is 5.83. The van der Waals surface area contributed by atoms with Crippen molar-refractivity contribution in [3.63, 3.8) is 0 Å². The maximum Gasteiger partial charge on any atom is 0.119 e. The number of nitriles is 1. The van der Waals surface area contributed by atoms with Gasteiger partial charge in [-0.05, 0) is 42.7 Å². The molecule has 4 rings (SSSR count). The monoisotopic (exact) mass is 376 g/mol. The Balaban J connectivity index is 1.26. The molecule has 5 heteroatoms. The Labute approximate surface area is 167 Å². The summed E-state index contributed by atoms with van der Waals surface area (Å²) in [6, 6.07) is 21.2. The van der Waals surface area contributed by atoms with Crippen molar-refractivity contribution in [1.82, 2.24) is 9.80 Å². The van der Waals surface area contributed by atoms with E-state index in [4.69, 9.17) is 15.7 Å². The fourth-order valence-corrected chi connectivity index (χ4v) is 4.50. The van der Waals surface area contributed by atoms with Crippen LogP contribution in [0.4, 0.5) is 0 Å². The molecule has 146 valence electrons. The van der Waals surface area contributed by atoms with Gasteiger partial charge in [0.15, 0.2) is 0 Å². The minimum atomic E-state index is -0.0144. The van der Waals surface area contributed by atoms with Crippen molar-refractivity contribution in [3.8, 4) is 11.8 Å². The Morgan fingerprint density at radius 2 is 1.71 bits per heavy atom. The number of fused-ring (bicyclic) bond motifs is 2. The van der Waals surface area contributed by atoms with E-state index in [0.717, 1.165) is 31.9 Å². The van der Waals surface area contributed by atoms with Crippen molar-refractivity contribution in [2.75, 3.05) is 26.2 Å². The average molecular weight is 377 g/mol. The molecule has 0 aliphatic carbocycles. The minimum absolute atomic E-state index is 0.0144. The van der Waals surface area contributed by atoms with Gasteiger partial charge in [-0.1, -0.05) is 30.3 Å². The molecule has 0 radical (unpaired) electrons. The molecule has 0 saturated carbocycles. The molecule has 2 heterocycles. The van der Waals surface area contributed by atoms with Crippen LogP contribution in [-0.2, 0) is 6.54 Å². The maximum absolute atomic E-state index is 8.87. The normalized spacial score (nSPS) is 23.3. The van der Waals surface area contributed by atoms with Gasteiger partial charge in [-0.2, -0.15) is 5.26 Å². The number of nitrogens with two attached hydrogens (primary N) is 1. The summed E-state index contributed by atoms with van der Waals surface area (Å²) in [6.07, 6.45) is 2.53. The SMILES string of the molecule is N#Cc1ccc(OC[C@@H](N)CN2C3CCC2CN(Cc2ccccc2)C3)cc1. The summed E-state index contributed by atoms with van der Waals surface area (Å²) in [5.41, 5.74) is 8.42. The Hall–Kier alpha value is -2.39. The molecule has 2 unspecified atom stereocenters. The summed E-state index contributed by atoms with van der Waals surface area (Å²) in [4.78, 5) is 5.20. The molecule has 2 aliphatic rings. The van der Waals surface area contributed by atoms with Gasteiger partial charge in [0.25, 0.3) is 0 Å². The second-order valence-corrected chi connectivity index (χ2v) is 7.97. The third-order valence-electron chi connectivity index (χ3n) is 5.85. The zero-order chi connectivity index (χ0) is 19.3. The zero-order valence-corrected chi connectivity index (χ0v) is 16.2. The van der Waals surface area contributed by atoms with Gasteiger partial charge in [0.1, 0.15) is 12.4 Å². The highest BCUT2D eigenvalue weighted by atomic mass is 16.5. The first-order chi connectivity index (χ1) is 13.7. The lowest BCUT2D eigenvalue weighted by molar-refractivity contribution is 0.0539. The Morgan fingerprint density at radius 3 is 2.36 bits per heavy atom. The van der Waals surface area contributed by atoms with Crippen LogP contribution in [0.15, 0.2) is 54.6 Å². The van der Waals surface area contributed by atoms with E-state index in [2.05, 4.69) is 46.2 Å². The van der Waals surface area contributed by atoms with Gasteiger partial charge < -0.3 is 10.5 Å². The standard InChI is InChI=1S/C23H28N4O/c24-12-18-6-10-23(11-7-18)28-17-20(25)14-27-21-8-9-22(27)16-26(15-21)13-19-4-2-1-3-5-19/h1-7,10-11,20-22H,8-9,13-17,25H2/t20-,21?,22?/m0/s1. The number of nitrogens with zero attached hydrogens (tertiary/aromatic N) is 3. The van der Waals surface area contributed by atoms with E-state index in [1.807, 2.05) is 12.1 Å². The van der Waals surface area contributed by atoms with Crippen molar-refractivity contribution < 1.29 is 4.74 Å². The van der Waals surface area contributed by atoms with Crippen molar-refractivity contribution in [3.05, 3.63) is 65.7 Å². The molecule has 2 fully saturated rings. The van der Waals surface area contributed by atoms with Crippen LogP contribution < -0.4 is 10.5 Å². The van der Waals surface area contributed by atoms with E-state index in [-0.39, 0.29) is 6.04 Å².